The Kier molecular flexibility index (Phi) is 3.40. The molecular weight excluding hydrogens is 286 g/mol. The van der Waals surface area contributed by atoms with Crippen molar-refractivity contribution < 1.29 is 14.3 Å². The van der Waals surface area contributed by atoms with Gasteiger partial charge >= 0.3 is 5.97 Å². The van der Waals surface area contributed by atoms with Crippen LogP contribution in [0.4, 0.5) is 0 Å². The number of benzene rings is 1. The van der Waals surface area contributed by atoms with Crippen molar-refractivity contribution in [2.75, 3.05) is 0 Å². The average Bonchev–Trinajstić information content (AvgIpc) is 2.95. The van der Waals surface area contributed by atoms with Crippen LogP contribution >= 0.6 is 0 Å². The normalized spacial score (nSPS) is 14.6. The molecule has 1 amide bonds. The summed E-state index contributed by atoms with van der Waals surface area (Å²) in [5.41, 5.74) is 5.66. The van der Waals surface area contributed by atoms with E-state index in [2.05, 4.69) is 4.98 Å². The number of aromatic nitrogens is 2. The molecule has 2 heterocycles. The molecule has 2 aromatic rings. The van der Waals surface area contributed by atoms with E-state index < -0.39 is 18.0 Å². The van der Waals surface area contributed by atoms with Gasteiger partial charge in [-0.2, -0.15) is 0 Å². The molecule has 0 unspecified atom stereocenters. The van der Waals surface area contributed by atoms with Gasteiger partial charge in [0, 0.05) is 13.0 Å². The minimum atomic E-state index is -1.01. The zero-order valence-electron chi connectivity index (χ0n) is 12.0. The van der Waals surface area contributed by atoms with E-state index in [4.69, 9.17) is 10.5 Å². The van der Waals surface area contributed by atoms with E-state index in [1.807, 2.05) is 0 Å². The highest BCUT2D eigenvalue weighted by Crippen LogP contribution is 2.17. The van der Waals surface area contributed by atoms with Crippen LogP contribution in [0.15, 0.2) is 23.0 Å². The molecule has 1 aliphatic rings. The molecule has 0 fully saturated rings. The number of fused-ring (bicyclic) bond motifs is 2. The number of hydrogen-bond acceptors (Lipinski definition) is 5. The lowest BCUT2D eigenvalue weighted by atomic mass is 10.1. The number of esters is 1. The number of amides is 1. The van der Waals surface area contributed by atoms with Crippen molar-refractivity contribution in [3.8, 4) is 0 Å². The van der Waals surface area contributed by atoms with Crippen molar-refractivity contribution >= 4 is 22.8 Å². The molecule has 2 N–H and O–H groups in total. The van der Waals surface area contributed by atoms with Crippen LogP contribution in [0.1, 0.15) is 29.5 Å². The molecule has 114 valence electrons. The van der Waals surface area contributed by atoms with E-state index in [1.54, 1.807) is 10.6 Å². The second kappa shape index (κ2) is 5.25. The molecule has 3 rings (SSSR count). The van der Waals surface area contributed by atoms with E-state index in [1.165, 1.54) is 19.1 Å². The number of aryl methyl sites for hydroxylation is 1. The lowest BCUT2D eigenvalue weighted by Crippen LogP contribution is -2.30. The number of hydrogen-bond donors (Lipinski definition) is 1. The summed E-state index contributed by atoms with van der Waals surface area (Å²) in [4.78, 5) is 39.7. The summed E-state index contributed by atoms with van der Waals surface area (Å²) in [7, 11) is 0. The number of nitrogens with two attached hydrogens (primary N) is 1. The fourth-order valence-electron chi connectivity index (χ4n) is 2.50. The first-order valence-electron chi connectivity index (χ1n) is 7.01. The van der Waals surface area contributed by atoms with Gasteiger partial charge in [0.05, 0.1) is 16.5 Å². The van der Waals surface area contributed by atoms with Crippen molar-refractivity contribution in [2.45, 2.75) is 32.4 Å². The molecule has 1 aromatic heterocycles. The Morgan fingerprint density at radius 2 is 2.18 bits per heavy atom. The molecule has 1 atom stereocenters. The van der Waals surface area contributed by atoms with Gasteiger partial charge in [-0.05, 0) is 31.5 Å². The Hall–Kier alpha value is -2.70. The van der Waals surface area contributed by atoms with Gasteiger partial charge in [0.15, 0.2) is 6.10 Å². The predicted molar refractivity (Wildman–Crippen MR) is 78.4 cm³/mol. The van der Waals surface area contributed by atoms with Gasteiger partial charge in [-0.1, -0.05) is 0 Å². The number of rotatable bonds is 3. The van der Waals surface area contributed by atoms with Crippen molar-refractivity contribution in [3.05, 3.63) is 39.9 Å². The largest absolute Gasteiger partial charge is 0.449 e. The summed E-state index contributed by atoms with van der Waals surface area (Å²) in [5, 5.41) is 0.463. The number of carbonyl (C=O) groups is 2. The second-order valence-corrected chi connectivity index (χ2v) is 5.27. The van der Waals surface area contributed by atoms with Gasteiger partial charge in [0.25, 0.3) is 11.5 Å². The van der Waals surface area contributed by atoms with Crippen LogP contribution in [-0.4, -0.2) is 27.5 Å². The van der Waals surface area contributed by atoms with E-state index in [0.717, 1.165) is 18.7 Å². The quantitative estimate of drug-likeness (QED) is 0.825. The van der Waals surface area contributed by atoms with Crippen LogP contribution in [0, 0.1) is 0 Å². The summed E-state index contributed by atoms with van der Waals surface area (Å²) in [6.07, 6.45) is 0.629. The lowest BCUT2D eigenvalue weighted by Gasteiger charge is -2.10. The van der Waals surface area contributed by atoms with Crippen LogP contribution in [0.25, 0.3) is 10.9 Å². The van der Waals surface area contributed by atoms with Gasteiger partial charge in [0.2, 0.25) is 0 Å². The van der Waals surface area contributed by atoms with Gasteiger partial charge in [-0.25, -0.2) is 9.78 Å². The number of primary amides is 1. The molecule has 0 aliphatic carbocycles. The van der Waals surface area contributed by atoms with Gasteiger partial charge in [-0.15, -0.1) is 0 Å². The Labute approximate surface area is 125 Å². The van der Waals surface area contributed by atoms with E-state index in [-0.39, 0.29) is 11.1 Å². The van der Waals surface area contributed by atoms with Crippen molar-refractivity contribution in [1.82, 2.24) is 9.55 Å². The first-order chi connectivity index (χ1) is 10.5. The number of ether oxygens (including phenoxy) is 1. The third-order valence-corrected chi connectivity index (χ3v) is 3.74. The summed E-state index contributed by atoms with van der Waals surface area (Å²) >= 11 is 0. The third-order valence-electron chi connectivity index (χ3n) is 3.74. The highest BCUT2D eigenvalue weighted by molar-refractivity contribution is 5.95. The van der Waals surface area contributed by atoms with E-state index in [0.29, 0.717) is 17.4 Å². The molecule has 1 aliphatic heterocycles. The monoisotopic (exact) mass is 301 g/mol. The van der Waals surface area contributed by atoms with Gasteiger partial charge < -0.3 is 10.5 Å². The van der Waals surface area contributed by atoms with Crippen LogP contribution in [-0.2, 0) is 22.5 Å². The molecule has 22 heavy (non-hydrogen) atoms. The molecular formula is C15H15N3O4. The Balaban J connectivity index is 2.00. The summed E-state index contributed by atoms with van der Waals surface area (Å²) in [5.74, 6) is -0.660. The molecule has 0 bridgehead atoms. The molecule has 7 heteroatoms. The molecule has 1 aromatic carbocycles. The molecule has 0 saturated carbocycles. The minimum Gasteiger partial charge on any atom is -0.449 e. The summed E-state index contributed by atoms with van der Waals surface area (Å²) in [6.45, 7) is 2.08. The van der Waals surface area contributed by atoms with Crippen LogP contribution in [0.3, 0.4) is 0 Å². The fourth-order valence-corrected chi connectivity index (χ4v) is 2.50. The highest BCUT2D eigenvalue weighted by atomic mass is 16.5. The van der Waals surface area contributed by atoms with Crippen molar-refractivity contribution in [2.24, 2.45) is 5.73 Å². The molecule has 7 nitrogen and oxygen atoms in total. The van der Waals surface area contributed by atoms with Crippen LogP contribution < -0.4 is 11.3 Å². The Morgan fingerprint density at radius 1 is 1.41 bits per heavy atom. The molecule has 0 saturated heterocycles. The van der Waals surface area contributed by atoms with Crippen molar-refractivity contribution in [3.63, 3.8) is 0 Å². The average molecular weight is 301 g/mol. The first-order valence-corrected chi connectivity index (χ1v) is 7.01. The first kappa shape index (κ1) is 14.2. The lowest BCUT2D eigenvalue weighted by molar-refractivity contribution is -0.125. The van der Waals surface area contributed by atoms with Gasteiger partial charge in [-0.3, -0.25) is 14.2 Å². The Bertz CT molecular complexity index is 841. The zero-order valence-corrected chi connectivity index (χ0v) is 12.0. The SMILES string of the molecule is C[C@H](OC(=O)c1ccc2c(=O)n3c(nc2c1)CCC3)C(N)=O. The minimum absolute atomic E-state index is 0.0945. The molecule has 0 spiro atoms. The topological polar surface area (TPSA) is 104 Å². The third kappa shape index (κ3) is 2.34. The van der Waals surface area contributed by atoms with E-state index in [9.17, 15) is 14.4 Å². The maximum absolute atomic E-state index is 12.3. The maximum atomic E-state index is 12.3. The van der Waals surface area contributed by atoms with Crippen LogP contribution in [0.5, 0.6) is 0 Å². The number of nitrogens with zero attached hydrogens (tertiary/aromatic N) is 2. The standard InChI is InChI=1S/C15H15N3O4/c1-8(13(16)19)22-15(21)9-4-5-10-11(7-9)17-12-3-2-6-18(12)14(10)20/h4-5,7-8H,2-3,6H2,1H3,(H2,16,19)/t8-/m0/s1. The maximum Gasteiger partial charge on any atom is 0.338 e. The van der Waals surface area contributed by atoms with Crippen molar-refractivity contribution in [1.29, 1.82) is 0 Å². The van der Waals surface area contributed by atoms with E-state index >= 15 is 0 Å². The Morgan fingerprint density at radius 3 is 2.91 bits per heavy atom. The van der Waals surface area contributed by atoms with Crippen LogP contribution in [0.2, 0.25) is 0 Å². The second-order valence-electron chi connectivity index (χ2n) is 5.27. The fraction of sp³-hybridized carbons (Fsp3) is 0.333. The molecule has 0 radical (unpaired) electrons. The predicted octanol–water partition coefficient (Wildman–Crippen LogP) is 0.373. The number of carbonyl (C=O) groups excluding carboxylic acids is 2. The highest BCUT2D eigenvalue weighted by Gasteiger charge is 2.19. The summed E-state index contributed by atoms with van der Waals surface area (Å²) in [6, 6.07) is 4.55. The van der Waals surface area contributed by atoms with Gasteiger partial charge in [0.1, 0.15) is 5.82 Å². The summed E-state index contributed by atoms with van der Waals surface area (Å²) < 4.78 is 6.61. The smallest absolute Gasteiger partial charge is 0.338 e. The zero-order chi connectivity index (χ0) is 15.9.